The van der Waals surface area contributed by atoms with Crippen molar-refractivity contribution in [2.24, 2.45) is 5.92 Å². The fraction of sp³-hybridized carbons (Fsp3) is 0.667. The van der Waals surface area contributed by atoms with Crippen LogP contribution in [0.2, 0.25) is 0 Å². The minimum Gasteiger partial charge on any atom is -0.381 e. The Labute approximate surface area is 109 Å². The van der Waals surface area contributed by atoms with Crippen LogP contribution in [0, 0.1) is 5.92 Å². The molecule has 2 atom stereocenters. The van der Waals surface area contributed by atoms with E-state index in [9.17, 15) is 4.79 Å². The minimum atomic E-state index is 0.0964. The van der Waals surface area contributed by atoms with E-state index in [1.54, 1.807) is 10.6 Å². The predicted octanol–water partition coefficient (Wildman–Crippen LogP) is 3.25. The lowest BCUT2D eigenvalue weighted by Gasteiger charge is -2.30. The first kappa shape index (κ1) is 13.2. The van der Waals surface area contributed by atoms with Crippen molar-refractivity contribution in [3.63, 3.8) is 0 Å². The van der Waals surface area contributed by atoms with Crippen molar-refractivity contribution >= 4 is 5.69 Å². The molecule has 0 amide bonds. The van der Waals surface area contributed by atoms with E-state index in [0.29, 0.717) is 6.04 Å². The molecule has 0 bridgehead atoms. The Morgan fingerprint density at radius 1 is 1.33 bits per heavy atom. The first-order chi connectivity index (χ1) is 8.70. The Balaban J connectivity index is 2.08. The fourth-order valence-corrected chi connectivity index (χ4v) is 2.78. The van der Waals surface area contributed by atoms with Gasteiger partial charge in [-0.25, -0.2) is 0 Å². The van der Waals surface area contributed by atoms with E-state index < -0.39 is 0 Å². The predicted molar refractivity (Wildman–Crippen MR) is 76.0 cm³/mol. The standard InChI is InChI=1S/C15H24N2O/c1-3-10-17-11-13(8-9-15(17)18)16-14-7-5-4-6-12(14)2/h8-9,11-12,14,16H,3-7,10H2,1-2H3. The van der Waals surface area contributed by atoms with Crippen molar-refractivity contribution in [1.82, 2.24) is 4.57 Å². The summed E-state index contributed by atoms with van der Waals surface area (Å²) in [5.74, 6) is 0.727. The van der Waals surface area contributed by atoms with Crippen LogP contribution < -0.4 is 10.9 Å². The summed E-state index contributed by atoms with van der Waals surface area (Å²) in [6, 6.07) is 4.15. The van der Waals surface area contributed by atoms with E-state index in [0.717, 1.165) is 24.6 Å². The summed E-state index contributed by atoms with van der Waals surface area (Å²) in [5, 5.41) is 3.60. The molecule has 1 heterocycles. The third-order valence-corrected chi connectivity index (χ3v) is 3.91. The molecule has 2 rings (SSSR count). The fourth-order valence-electron chi connectivity index (χ4n) is 2.78. The number of rotatable bonds is 4. The van der Waals surface area contributed by atoms with Gasteiger partial charge in [-0.15, -0.1) is 0 Å². The number of hydrogen-bond donors (Lipinski definition) is 1. The van der Waals surface area contributed by atoms with Gasteiger partial charge in [0, 0.05) is 24.8 Å². The third kappa shape index (κ3) is 3.15. The molecule has 0 radical (unpaired) electrons. The number of nitrogens with one attached hydrogen (secondary N) is 1. The van der Waals surface area contributed by atoms with Gasteiger partial charge in [-0.05, 0) is 31.2 Å². The van der Waals surface area contributed by atoms with Crippen LogP contribution in [0.15, 0.2) is 23.1 Å². The number of anilines is 1. The van der Waals surface area contributed by atoms with E-state index in [4.69, 9.17) is 0 Å². The van der Waals surface area contributed by atoms with Crippen LogP contribution in [0.1, 0.15) is 46.0 Å². The summed E-state index contributed by atoms with van der Waals surface area (Å²) in [4.78, 5) is 11.7. The Bertz CT molecular complexity index is 438. The highest BCUT2D eigenvalue weighted by Gasteiger charge is 2.20. The normalized spacial score (nSPS) is 23.9. The summed E-state index contributed by atoms with van der Waals surface area (Å²) in [6.07, 6.45) is 8.18. The van der Waals surface area contributed by atoms with Crippen LogP contribution >= 0.6 is 0 Å². The van der Waals surface area contributed by atoms with E-state index in [1.807, 2.05) is 12.3 Å². The molecule has 0 saturated heterocycles. The lowest BCUT2D eigenvalue weighted by Crippen LogP contribution is -2.31. The zero-order valence-electron chi connectivity index (χ0n) is 11.5. The van der Waals surface area contributed by atoms with Gasteiger partial charge in [0.1, 0.15) is 0 Å². The van der Waals surface area contributed by atoms with Crippen LogP contribution in [0.25, 0.3) is 0 Å². The van der Waals surface area contributed by atoms with Crippen LogP contribution in [0.3, 0.4) is 0 Å². The summed E-state index contributed by atoms with van der Waals surface area (Å²) < 4.78 is 1.80. The molecule has 0 aromatic carbocycles. The number of aryl methyl sites for hydroxylation is 1. The van der Waals surface area contributed by atoms with Crippen molar-refractivity contribution < 1.29 is 0 Å². The van der Waals surface area contributed by atoms with Crippen molar-refractivity contribution in [2.75, 3.05) is 5.32 Å². The van der Waals surface area contributed by atoms with Gasteiger partial charge in [0.2, 0.25) is 0 Å². The molecule has 1 aromatic heterocycles. The van der Waals surface area contributed by atoms with Gasteiger partial charge in [0.25, 0.3) is 5.56 Å². The Hall–Kier alpha value is -1.25. The molecule has 2 unspecified atom stereocenters. The van der Waals surface area contributed by atoms with Crippen molar-refractivity contribution in [2.45, 2.75) is 58.5 Å². The maximum Gasteiger partial charge on any atom is 0.250 e. The number of aromatic nitrogens is 1. The van der Waals surface area contributed by atoms with Crippen LogP contribution in [0.5, 0.6) is 0 Å². The van der Waals surface area contributed by atoms with Crippen LogP contribution in [-0.2, 0) is 6.54 Å². The summed E-state index contributed by atoms with van der Waals surface area (Å²) >= 11 is 0. The van der Waals surface area contributed by atoms with Gasteiger partial charge in [-0.1, -0.05) is 26.7 Å². The zero-order valence-corrected chi connectivity index (χ0v) is 11.5. The molecule has 0 spiro atoms. The summed E-state index contributed by atoms with van der Waals surface area (Å²) in [7, 11) is 0. The average Bonchev–Trinajstić information content (AvgIpc) is 2.36. The van der Waals surface area contributed by atoms with Crippen molar-refractivity contribution in [3.05, 3.63) is 28.7 Å². The van der Waals surface area contributed by atoms with Gasteiger partial charge >= 0.3 is 0 Å². The molecule has 1 N–H and O–H groups in total. The Morgan fingerprint density at radius 2 is 2.11 bits per heavy atom. The van der Waals surface area contributed by atoms with Crippen LogP contribution in [-0.4, -0.2) is 10.6 Å². The molecular weight excluding hydrogens is 224 g/mol. The van der Waals surface area contributed by atoms with E-state index in [1.165, 1.54) is 25.7 Å². The van der Waals surface area contributed by atoms with E-state index in [2.05, 4.69) is 19.2 Å². The molecular formula is C15H24N2O. The molecule has 3 nitrogen and oxygen atoms in total. The Kier molecular flexibility index (Phi) is 4.45. The minimum absolute atomic E-state index is 0.0964. The smallest absolute Gasteiger partial charge is 0.250 e. The lowest BCUT2D eigenvalue weighted by molar-refractivity contribution is 0.349. The topological polar surface area (TPSA) is 34.0 Å². The molecule has 1 aliphatic rings. The highest BCUT2D eigenvalue weighted by molar-refractivity contribution is 5.41. The van der Waals surface area contributed by atoms with Crippen molar-refractivity contribution in [1.29, 1.82) is 0 Å². The summed E-state index contributed by atoms with van der Waals surface area (Å²) in [5.41, 5.74) is 1.18. The van der Waals surface area contributed by atoms with E-state index in [-0.39, 0.29) is 5.56 Å². The molecule has 1 aromatic rings. The SMILES string of the molecule is CCCn1cc(NC2CCCCC2C)ccc1=O. The molecule has 0 aliphatic heterocycles. The lowest BCUT2D eigenvalue weighted by atomic mass is 9.86. The largest absolute Gasteiger partial charge is 0.381 e. The third-order valence-electron chi connectivity index (χ3n) is 3.91. The zero-order chi connectivity index (χ0) is 13.0. The highest BCUT2D eigenvalue weighted by atomic mass is 16.1. The van der Waals surface area contributed by atoms with Crippen molar-refractivity contribution in [3.8, 4) is 0 Å². The first-order valence-electron chi connectivity index (χ1n) is 7.17. The van der Waals surface area contributed by atoms with Gasteiger partial charge in [-0.2, -0.15) is 0 Å². The molecule has 1 aliphatic carbocycles. The number of hydrogen-bond acceptors (Lipinski definition) is 2. The van der Waals surface area contributed by atoms with Gasteiger partial charge in [-0.3, -0.25) is 4.79 Å². The average molecular weight is 248 g/mol. The molecule has 3 heteroatoms. The molecule has 1 saturated carbocycles. The second-order valence-corrected chi connectivity index (χ2v) is 5.46. The second-order valence-electron chi connectivity index (χ2n) is 5.46. The van der Waals surface area contributed by atoms with Gasteiger partial charge in [0.15, 0.2) is 0 Å². The monoisotopic (exact) mass is 248 g/mol. The second kappa shape index (κ2) is 6.07. The maximum absolute atomic E-state index is 11.7. The van der Waals surface area contributed by atoms with Crippen LogP contribution in [0.4, 0.5) is 5.69 Å². The highest BCUT2D eigenvalue weighted by Crippen LogP contribution is 2.26. The first-order valence-corrected chi connectivity index (χ1v) is 7.17. The Morgan fingerprint density at radius 3 is 2.83 bits per heavy atom. The molecule has 100 valence electrons. The van der Waals surface area contributed by atoms with Gasteiger partial charge in [0.05, 0.1) is 5.69 Å². The molecule has 1 fully saturated rings. The number of pyridine rings is 1. The maximum atomic E-state index is 11.7. The van der Waals surface area contributed by atoms with Gasteiger partial charge < -0.3 is 9.88 Å². The quantitative estimate of drug-likeness (QED) is 0.887. The van der Waals surface area contributed by atoms with E-state index >= 15 is 0 Å². The molecule has 18 heavy (non-hydrogen) atoms. The summed E-state index contributed by atoms with van der Waals surface area (Å²) in [6.45, 7) is 5.21. The number of nitrogens with zero attached hydrogens (tertiary/aromatic N) is 1.